The minimum absolute atomic E-state index is 0.337. The van der Waals surface area contributed by atoms with Crippen molar-refractivity contribution in [2.24, 2.45) is 0 Å². The Balaban J connectivity index is 2.13. The van der Waals surface area contributed by atoms with Crippen LogP contribution >= 0.6 is 11.6 Å². The van der Waals surface area contributed by atoms with Gasteiger partial charge in [-0.15, -0.1) is 0 Å². The first-order valence-electron chi connectivity index (χ1n) is 6.02. The zero-order valence-electron chi connectivity index (χ0n) is 10.4. The molecule has 0 saturated carbocycles. The Bertz CT molecular complexity index is 767. The number of rotatable bonds is 2. The van der Waals surface area contributed by atoms with E-state index in [1.807, 2.05) is 12.1 Å². The molecule has 2 N–H and O–H groups in total. The highest BCUT2D eigenvalue weighted by atomic mass is 35.5. The van der Waals surface area contributed by atoms with Gasteiger partial charge in [-0.25, -0.2) is 9.07 Å². The minimum Gasteiger partial charge on any atom is -0.384 e. The fraction of sp³-hybridized carbons (Fsp3) is 0. The van der Waals surface area contributed by atoms with Gasteiger partial charge in [-0.3, -0.25) is 0 Å². The Morgan fingerprint density at radius 3 is 2.50 bits per heavy atom. The average Bonchev–Trinajstić information content (AvgIpc) is 2.81. The van der Waals surface area contributed by atoms with Crippen LogP contribution in [-0.2, 0) is 0 Å². The Hall–Kier alpha value is -2.33. The smallest absolute Gasteiger partial charge is 0.132 e. The van der Waals surface area contributed by atoms with Crippen LogP contribution in [0.15, 0.2) is 54.6 Å². The fourth-order valence-corrected chi connectivity index (χ4v) is 2.23. The van der Waals surface area contributed by atoms with E-state index in [1.165, 1.54) is 10.7 Å². The quantitative estimate of drug-likeness (QED) is 0.776. The van der Waals surface area contributed by atoms with Crippen molar-refractivity contribution in [3.8, 4) is 16.9 Å². The number of para-hydroxylation sites is 1. The molecule has 0 spiro atoms. The van der Waals surface area contributed by atoms with Crippen molar-refractivity contribution in [3.05, 3.63) is 65.4 Å². The maximum atomic E-state index is 13.8. The number of anilines is 1. The van der Waals surface area contributed by atoms with Crippen molar-refractivity contribution >= 4 is 17.4 Å². The Morgan fingerprint density at radius 2 is 1.75 bits per heavy atom. The van der Waals surface area contributed by atoms with Gasteiger partial charge < -0.3 is 5.73 Å². The van der Waals surface area contributed by atoms with Gasteiger partial charge in [-0.2, -0.15) is 5.10 Å². The van der Waals surface area contributed by atoms with E-state index in [0.29, 0.717) is 27.8 Å². The standard InChI is InChI=1S/C15H11ClFN3/c16-11-6-2-4-8-14(11)20-15(18)9-13(19-20)10-5-1-3-7-12(10)17/h1-9H,18H2. The number of benzene rings is 2. The molecular formula is C15H11ClFN3. The van der Waals surface area contributed by atoms with Crippen molar-refractivity contribution in [1.82, 2.24) is 9.78 Å². The minimum atomic E-state index is -0.337. The summed E-state index contributed by atoms with van der Waals surface area (Å²) < 4.78 is 15.3. The number of aromatic nitrogens is 2. The van der Waals surface area contributed by atoms with Crippen LogP contribution in [0.5, 0.6) is 0 Å². The molecule has 3 nitrogen and oxygen atoms in total. The van der Waals surface area contributed by atoms with Gasteiger partial charge in [0.2, 0.25) is 0 Å². The van der Waals surface area contributed by atoms with Crippen LogP contribution in [0.4, 0.5) is 10.2 Å². The molecule has 20 heavy (non-hydrogen) atoms. The second-order valence-corrected chi connectivity index (χ2v) is 4.70. The van der Waals surface area contributed by atoms with E-state index in [4.69, 9.17) is 17.3 Å². The molecule has 0 amide bonds. The summed E-state index contributed by atoms with van der Waals surface area (Å²) in [4.78, 5) is 0. The lowest BCUT2D eigenvalue weighted by molar-refractivity contribution is 0.630. The van der Waals surface area contributed by atoms with E-state index >= 15 is 0 Å². The van der Waals surface area contributed by atoms with Gasteiger partial charge >= 0.3 is 0 Å². The maximum Gasteiger partial charge on any atom is 0.132 e. The lowest BCUT2D eigenvalue weighted by Gasteiger charge is -2.05. The molecule has 0 aliphatic carbocycles. The molecule has 3 rings (SSSR count). The molecule has 5 heteroatoms. The summed E-state index contributed by atoms with van der Waals surface area (Å²) >= 11 is 6.13. The van der Waals surface area contributed by atoms with E-state index in [2.05, 4.69) is 5.10 Å². The van der Waals surface area contributed by atoms with Gasteiger partial charge in [-0.05, 0) is 24.3 Å². The monoisotopic (exact) mass is 287 g/mol. The van der Waals surface area contributed by atoms with Gasteiger partial charge in [0.15, 0.2) is 0 Å². The summed E-state index contributed by atoms with van der Waals surface area (Å²) in [6.45, 7) is 0. The normalized spacial score (nSPS) is 10.7. The second-order valence-electron chi connectivity index (χ2n) is 4.30. The summed E-state index contributed by atoms with van der Waals surface area (Å²) in [6, 6.07) is 15.3. The lowest BCUT2D eigenvalue weighted by atomic mass is 10.1. The summed E-state index contributed by atoms with van der Waals surface area (Å²) in [5.74, 6) is 0.0626. The van der Waals surface area contributed by atoms with Crippen LogP contribution in [0.1, 0.15) is 0 Å². The van der Waals surface area contributed by atoms with Crippen LogP contribution in [0.25, 0.3) is 16.9 Å². The molecule has 0 bridgehead atoms. The fourth-order valence-electron chi connectivity index (χ4n) is 2.01. The van der Waals surface area contributed by atoms with Gasteiger partial charge in [0.05, 0.1) is 16.4 Å². The second kappa shape index (κ2) is 4.98. The summed E-state index contributed by atoms with van der Waals surface area (Å²) in [5.41, 5.74) is 7.49. The summed E-state index contributed by atoms with van der Waals surface area (Å²) in [5, 5.41) is 4.87. The summed E-state index contributed by atoms with van der Waals surface area (Å²) in [7, 11) is 0. The van der Waals surface area contributed by atoms with Crippen LogP contribution in [0.2, 0.25) is 5.02 Å². The topological polar surface area (TPSA) is 43.8 Å². The molecule has 2 aromatic carbocycles. The SMILES string of the molecule is Nc1cc(-c2ccccc2F)nn1-c1ccccc1Cl. The first-order chi connectivity index (χ1) is 9.66. The molecule has 3 aromatic rings. The predicted octanol–water partition coefficient (Wildman–Crippen LogP) is 3.91. The lowest BCUT2D eigenvalue weighted by Crippen LogP contribution is -2.02. The molecule has 1 aromatic heterocycles. The Kier molecular flexibility index (Phi) is 3.16. The Morgan fingerprint density at radius 1 is 1.05 bits per heavy atom. The molecule has 0 unspecified atom stereocenters. The molecule has 0 radical (unpaired) electrons. The molecule has 100 valence electrons. The molecular weight excluding hydrogens is 277 g/mol. The zero-order chi connectivity index (χ0) is 14.1. The molecule has 0 fully saturated rings. The maximum absolute atomic E-state index is 13.8. The van der Waals surface area contributed by atoms with Crippen molar-refractivity contribution in [3.63, 3.8) is 0 Å². The van der Waals surface area contributed by atoms with Gasteiger partial charge in [-0.1, -0.05) is 35.9 Å². The van der Waals surface area contributed by atoms with Crippen molar-refractivity contribution < 1.29 is 4.39 Å². The number of nitrogens with zero attached hydrogens (tertiary/aromatic N) is 2. The summed E-state index contributed by atoms with van der Waals surface area (Å²) in [6.07, 6.45) is 0. The molecule has 0 aliphatic heterocycles. The van der Waals surface area contributed by atoms with Crippen LogP contribution in [0, 0.1) is 5.82 Å². The third-order valence-electron chi connectivity index (χ3n) is 2.97. The van der Waals surface area contributed by atoms with Gasteiger partial charge in [0.1, 0.15) is 11.6 Å². The van der Waals surface area contributed by atoms with Gasteiger partial charge in [0, 0.05) is 11.6 Å². The molecule has 0 atom stereocenters. The molecule has 0 aliphatic rings. The van der Waals surface area contributed by atoms with Crippen molar-refractivity contribution in [2.75, 3.05) is 5.73 Å². The average molecular weight is 288 g/mol. The van der Waals surface area contributed by atoms with Crippen LogP contribution < -0.4 is 5.73 Å². The van der Waals surface area contributed by atoms with Gasteiger partial charge in [0.25, 0.3) is 0 Å². The third-order valence-corrected chi connectivity index (χ3v) is 3.29. The van der Waals surface area contributed by atoms with E-state index in [-0.39, 0.29) is 5.82 Å². The number of hydrogen-bond acceptors (Lipinski definition) is 2. The van der Waals surface area contributed by atoms with Crippen LogP contribution in [0.3, 0.4) is 0 Å². The zero-order valence-corrected chi connectivity index (χ0v) is 11.2. The highest BCUT2D eigenvalue weighted by molar-refractivity contribution is 6.32. The first-order valence-corrected chi connectivity index (χ1v) is 6.40. The molecule has 0 saturated heterocycles. The van der Waals surface area contributed by atoms with Crippen LogP contribution in [-0.4, -0.2) is 9.78 Å². The number of halogens is 2. The molecule has 1 heterocycles. The van der Waals surface area contributed by atoms with E-state index in [9.17, 15) is 4.39 Å². The number of nitrogens with two attached hydrogens (primary N) is 1. The number of nitrogen functional groups attached to an aromatic ring is 1. The highest BCUT2D eigenvalue weighted by Crippen LogP contribution is 2.27. The highest BCUT2D eigenvalue weighted by Gasteiger charge is 2.13. The van der Waals surface area contributed by atoms with E-state index < -0.39 is 0 Å². The third kappa shape index (κ3) is 2.14. The van der Waals surface area contributed by atoms with E-state index in [1.54, 1.807) is 36.4 Å². The largest absolute Gasteiger partial charge is 0.384 e. The first kappa shape index (κ1) is 12.7. The van der Waals surface area contributed by atoms with Crippen molar-refractivity contribution in [1.29, 1.82) is 0 Å². The van der Waals surface area contributed by atoms with E-state index in [0.717, 1.165) is 0 Å². The predicted molar refractivity (Wildman–Crippen MR) is 78.4 cm³/mol. The Labute approximate surface area is 120 Å². The van der Waals surface area contributed by atoms with Crippen molar-refractivity contribution in [2.45, 2.75) is 0 Å². The number of hydrogen-bond donors (Lipinski definition) is 1.